The van der Waals surface area contributed by atoms with Crippen LogP contribution in [0.5, 0.6) is 0 Å². The monoisotopic (exact) mass is 2020 g/mol. The van der Waals surface area contributed by atoms with Crippen LogP contribution in [0.2, 0.25) is 0 Å². The predicted octanol–water partition coefficient (Wildman–Crippen LogP) is 5.07. The fraction of sp³-hybridized carbons (Fsp3) is 0.480. The topological polar surface area (TPSA) is 921 Å². The first-order valence-corrected chi connectivity index (χ1v) is 39.0. The van der Waals surface area contributed by atoms with Gasteiger partial charge in [-0.2, -0.15) is 45.3 Å². The van der Waals surface area contributed by atoms with Crippen LogP contribution in [0.1, 0.15) is 205 Å². The molecule has 5 heterocycles. The Kier molecular flexibility index (Phi) is 56.2. The van der Waals surface area contributed by atoms with Crippen LogP contribution in [-0.2, 0) is 95.8 Å². The van der Waals surface area contributed by atoms with Gasteiger partial charge in [0, 0.05) is 87.8 Å². The van der Waals surface area contributed by atoms with E-state index in [1.54, 1.807) is 59.4 Å². The summed E-state index contributed by atoms with van der Waals surface area (Å²) in [6, 6.07) is -12.3. The number of aromatic carboxylic acids is 1. The van der Waals surface area contributed by atoms with Crippen LogP contribution in [0.3, 0.4) is 0 Å². The summed E-state index contributed by atoms with van der Waals surface area (Å²) in [6.45, 7) is 5.94. The minimum Gasteiger partial charge on any atom is -0.481 e. The molecule has 0 fully saturated rings. The number of aliphatic carboxylic acids is 16. The Bertz CT molecular complexity index is 5290. The van der Waals surface area contributed by atoms with E-state index in [2.05, 4.69) is 49.2 Å². The third-order valence-electron chi connectivity index (χ3n) is 10.8. The Morgan fingerprint density at radius 3 is 1.02 bits per heavy atom. The minimum atomic E-state index is -3.59. The number of ether oxygens (including phenoxy) is 2. The number of esters is 2. The smallest absolute Gasteiger partial charge is 0.345 e. The SMILES string of the molecule is CCOC(=O)CC[C@H](N)C(=O)OCC.Cc1cc(C(=O)O)sc1Br.Cc1ccsc1.N[C@@H](CCC(=O)O)C(=O)O.[2H]C([2H])(C(=O)O)C([2H])([2H])[C@H](N)C(=O)O.[2H]C([2H])(C(=O)O)C([2H])([2H])[C@]([2H])(N)C(=O)O.[2H]C([2H])(CC(=O)O)[C@H](N)C(=O)O.[2H]C([2H])(CC(=O)O)[C@]([2H])(N)C(=O)O.[2H]C([2H])(C[C@H](N)C(=O)O)C(=O)O.[2H]C([2H])(C[C@]([2H])(N)C(=O)O)C(=O)O.[2H]C([2H])([2H])c1ccsc1.[2H][C@](N)(CCC(=O)O)C(=O)O.[2H]c1cscc1C.[2H]c1cscc1C([2H])([2H])[2H]. The van der Waals surface area contributed by atoms with Gasteiger partial charge in [-0.1, -0.05) is 0 Å². The van der Waals surface area contributed by atoms with E-state index in [4.69, 9.17) is 177 Å². The van der Waals surface area contributed by atoms with E-state index in [0.29, 0.717) is 29.7 Å². The Balaban J connectivity index is -0.000000214. The van der Waals surface area contributed by atoms with Gasteiger partial charge in [-0.15, -0.1) is 11.3 Å². The summed E-state index contributed by atoms with van der Waals surface area (Å²) in [7, 11) is 0. The number of thiophene rings is 5. The van der Waals surface area contributed by atoms with Gasteiger partial charge in [0.1, 0.15) is 59.2 Å². The van der Waals surface area contributed by atoms with Crippen LogP contribution in [0, 0.1) is 34.5 Å². The zero-order valence-corrected chi connectivity index (χ0v) is 73.2. The van der Waals surface area contributed by atoms with Gasteiger partial charge in [0.15, 0.2) is 0 Å². The Morgan fingerprint density at radius 2 is 0.719 bits per heavy atom. The summed E-state index contributed by atoms with van der Waals surface area (Å²) in [5, 5.41) is 155. The highest BCUT2D eigenvalue weighted by Crippen LogP contribution is 2.27. The highest BCUT2D eigenvalue weighted by Gasteiger charge is 2.20. The summed E-state index contributed by atoms with van der Waals surface area (Å²) in [5.74, 6) is -28.0. The lowest BCUT2D eigenvalue weighted by Crippen LogP contribution is -2.32. The molecule has 0 aliphatic heterocycles. The van der Waals surface area contributed by atoms with Crippen LogP contribution in [0.15, 0.2) is 77.1 Å². The Morgan fingerprint density at radius 1 is 0.375 bits per heavy atom. The molecule has 0 saturated carbocycles. The van der Waals surface area contributed by atoms with Crippen molar-refractivity contribution in [3.05, 3.63) is 110 Å². The van der Waals surface area contributed by atoms with Crippen molar-refractivity contribution in [2.75, 3.05) is 13.2 Å². The van der Waals surface area contributed by atoms with Gasteiger partial charge in [-0.05, 0) is 223 Å². The number of hydrogen-bond donors (Lipinski definition) is 26. The van der Waals surface area contributed by atoms with Crippen molar-refractivity contribution in [1.29, 1.82) is 0 Å². The summed E-state index contributed by atoms with van der Waals surface area (Å²) in [6.07, 6.45) is -28.8. The Hall–Kier alpha value is -11.5. The standard InChI is InChI=1S/C9H17NO4.C6H5BrO2S.8C5H9NO4.4C5H6S/c1-3-13-8(11)6-5-7(10)9(12)14-4-2;1-3-2-4(6(8)9)10-5(3)7;8*6-3(5(9)10)1-2-4(7)8;4*1-5-2-3-6-4-5/h7H,3-6,10H2,1-2H3;2H,1H3,(H,8,9);8*3H,1-2,6H2,(H,7,8)(H,9,10);4*2-4H,1H3/t7-;;8*3-;;;;/m0.00000000..../s1/i;;1D2,2D2,3D;2D2,3D;1D2,3D;1D2,2D2;3D;2D2;1D2;;1D3,2D;2D;1D3;. The highest BCUT2D eigenvalue weighted by molar-refractivity contribution is 9.11. The van der Waals surface area contributed by atoms with Crippen molar-refractivity contribution in [2.45, 2.75) is 218 Å². The van der Waals surface area contributed by atoms with E-state index in [0.717, 1.165) is 14.9 Å². The van der Waals surface area contributed by atoms with Gasteiger partial charge in [-0.25, -0.2) is 4.79 Å². The Labute approximate surface area is 801 Å². The normalized spacial score (nSPS) is 16.8. The molecular weight excluding hydrogens is 1880 g/mol. The van der Waals surface area contributed by atoms with Crippen molar-refractivity contribution in [3.8, 4) is 0 Å². The van der Waals surface area contributed by atoms with Gasteiger partial charge in [0.05, 0.1) is 25.2 Å². The van der Waals surface area contributed by atoms with Crippen LogP contribution < -0.4 is 51.6 Å². The molecular formula is C75H118BrN9O38S5. The second kappa shape index (κ2) is 85.0. The maximum absolute atomic E-state index is 11.0. The van der Waals surface area contributed by atoms with Crippen LogP contribution in [0.4, 0.5) is 0 Å². The van der Waals surface area contributed by atoms with Crippen molar-refractivity contribution < 1.29 is 226 Å². The molecule has 0 aromatic carbocycles. The molecule has 0 saturated heterocycles. The summed E-state index contributed by atoms with van der Waals surface area (Å²) >= 11 is 10.4. The van der Waals surface area contributed by atoms with Gasteiger partial charge in [0.25, 0.3) is 0 Å². The lowest BCUT2D eigenvalue weighted by molar-refractivity contribution is -0.147. The molecule has 728 valence electrons. The van der Waals surface area contributed by atoms with E-state index in [-0.39, 0.29) is 43.3 Å². The fourth-order valence-electron chi connectivity index (χ4n) is 4.76. The average Bonchev–Trinajstić information content (AvgIpc) is 1.21. The molecule has 0 unspecified atom stereocenters. The molecule has 0 radical (unpaired) electrons. The number of nitrogens with two attached hydrogens (primary N) is 9. The lowest BCUT2D eigenvalue weighted by Gasteiger charge is -2.09. The summed E-state index contributed by atoms with van der Waals surface area (Å²) < 4.78 is 204. The number of carboxylic acid groups (broad SMARTS) is 17. The maximum Gasteiger partial charge on any atom is 0.345 e. The molecule has 0 amide bonds. The first-order chi connectivity index (χ1) is 69.6. The first kappa shape index (κ1) is 84.7. The molecule has 128 heavy (non-hydrogen) atoms. The molecule has 0 aliphatic carbocycles. The summed E-state index contributed by atoms with van der Waals surface area (Å²) in [4.78, 5) is 195. The molecule has 0 aliphatic rings. The highest BCUT2D eigenvalue weighted by atomic mass is 79.9. The van der Waals surface area contributed by atoms with Gasteiger partial charge >= 0.3 is 113 Å². The maximum atomic E-state index is 11.0. The predicted molar refractivity (Wildman–Crippen MR) is 470 cm³/mol. The number of rotatable bonds is 39. The first-order valence-electron chi connectivity index (χ1n) is 47.6. The third-order valence-corrected chi connectivity index (χ3v) is 15.8. The van der Waals surface area contributed by atoms with E-state index < -0.39 is 265 Å². The number of carbonyl (C=O) groups excluding carboxylic acids is 2. The molecule has 5 rings (SSSR count). The van der Waals surface area contributed by atoms with E-state index in [9.17, 15) is 91.1 Å². The van der Waals surface area contributed by atoms with E-state index in [1.807, 2.05) is 24.6 Å². The zero-order chi connectivity index (χ0) is 126. The molecule has 5 aromatic rings. The number of carbonyl (C=O) groups is 19. The minimum absolute atomic E-state index is 0.0231. The molecule has 47 nitrogen and oxygen atoms in total. The van der Waals surface area contributed by atoms with E-state index in [1.165, 1.54) is 50.3 Å². The average molecular weight is 2020 g/mol. The van der Waals surface area contributed by atoms with Crippen molar-refractivity contribution in [3.63, 3.8) is 0 Å². The molecule has 53 heteroatoms. The number of halogens is 1. The summed E-state index contributed by atoms with van der Waals surface area (Å²) in [5.41, 5.74) is 48.5. The van der Waals surface area contributed by atoms with Crippen molar-refractivity contribution in [2.24, 2.45) is 51.6 Å². The lowest BCUT2D eigenvalue weighted by atomic mass is 10.2. The number of hydrogen-bond acceptors (Lipinski definition) is 35. The fourth-order valence-corrected chi connectivity index (χ4v) is 8.38. The molecule has 9 atom stereocenters. The molecule has 35 N–H and O–H groups in total. The quantitative estimate of drug-likeness (QED) is 0.0228. The van der Waals surface area contributed by atoms with Gasteiger partial charge in [-0.3, -0.25) is 86.3 Å². The van der Waals surface area contributed by atoms with Gasteiger partial charge in [0.2, 0.25) is 0 Å². The van der Waals surface area contributed by atoms with Crippen molar-refractivity contribution in [1.82, 2.24) is 0 Å². The third kappa shape index (κ3) is 103. The van der Waals surface area contributed by atoms with Crippen molar-refractivity contribution >= 4 is 186 Å². The second-order valence-electron chi connectivity index (χ2n) is 21.5. The zero-order valence-electron chi connectivity index (χ0n) is 95.5. The van der Waals surface area contributed by atoms with Crippen LogP contribution in [-0.4, -0.2) is 268 Å². The molecule has 0 bridgehead atoms. The van der Waals surface area contributed by atoms with Crippen LogP contribution in [0.25, 0.3) is 0 Å². The van der Waals surface area contributed by atoms with Crippen LogP contribution >= 0.6 is 72.6 Å². The molecule has 5 aromatic heterocycles. The number of carboxylic acids is 17. The van der Waals surface area contributed by atoms with E-state index >= 15 is 0 Å². The van der Waals surface area contributed by atoms with Gasteiger partial charge < -0.3 is 148 Å². The molecule has 0 spiro atoms. The largest absolute Gasteiger partial charge is 0.481 e. The second-order valence-corrected chi connectivity index (χ2v) is 26.9. The number of aryl methyl sites for hydroxylation is 5.